The van der Waals surface area contributed by atoms with Crippen LogP contribution in [0.25, 0.3) is 6.08 Å². The van der Waals surface area contributed by atoms with Crippen LogP contribution in [0.15, 0.2) is 36.7 Å². The molecule has 1 aliphatic rings. The largest absolute Gasteiger partial charge is 0.507 e. The maximum atomic E-state index is 11.1. The SMILES string of the molecule is Cc1c(C)c2c(c(C)c1O)CCC(C)(CCOc1cc(Cn3ccnc3C)ccc1C=CC(=O)O)O2. The number of carboxylic acid groups (broad SMARTS) is 1. The minimum absolute atomic E-state index is 0.356. The first-order valence-corrected chi connectivity index (χ1v) is 12.2. The van der Waals surface area contributed by atoms with Crippen molar-refractivity contribution in [1.82, 2.24) is 9.55 Å². The number of benzene rings is 2. The summed E-state index contributed by atoms with van der Waals surface area (Å²) >= 11 is 0. The van der Waals surface area contributed by atoms with E-state index in [1.165, 1.54) is 0 Å². The number of nitrogens with zero attached hydrogens (tertiary/aromatic N) is 2. The number of fused-ring (bicyclic) bond motifs is 1. The lowest BCUT2D eigenvalue weighted by atomic mass is 9.86. The summed E-state index contributed by atoms with van der Waals surface area (Å²) in [7, 11) is 0. The average Bonchev–Trinajstić information content (AvgIpc) is 3.24. The van der Waals surface area contributed by atoms with Gasteiger partial charge in [-0.3, -0.25) is 0 Å². The van der Waals surface area contributed by atoms with Crippen molar-refractivity contribution in [2.24, 2.45) is 0 Å². The van der Waals surface area contributed by atoms with Gasteiger partial charge in [-0.05, 0) is 81.9 Å². The van der Waals surface area contributed by atoms with Crippen LogP contribution in [0.1, 0.15) is 59.0 Å². The monoisotopic (exact) mass is 490 g/mol. The highest BCUT2D eigenvalue weighted by atomic mass is 16.5. The highest BCUT2D eigenvalue weighted by molar-refractivity contribution is 5.85. The maximum Gasteiger partial charge on any atom is 0.328 e. The zero-order chi connectivity index (χ0) is 26.0. The van der Waals surface area contributed by atoms with Crippen molar-refractivity contribution in [2.75, 3.05) is 6.61 Å². The van der Waals surface area contributed by atoms with Crippen molar-refractivity contribution in [1.29, 1.82) is 0 Å². The van der Waals surface area contributed by atoms with Crippen LogP contribution >= 0.6 is 0 Å². The minimum Gasteiger partial charge on any atom is -0.507 e. The number of carbonyl (C=O) groups is 1. The Labute approximate surface area is 212 Å². The molecule has 1 unspecified atom stereocenters. The lowest BCUT2D eigenvalue weighted by molar-refractivity contribution is -0.131. The van der Waals surface area contributed by atoms with Gasteiger partial charge < -0.3 is 24.3 Å². The number of phenolic OH excluding ortho intramolecular Hbond substituents is 1. The molecule has 7 nitrogen and oxygen atoms in total. The summed E-state index contributed by atoms with van der Waals surface area (Å²) in [5.74, 6) is 1.78. The number of imidazole rings is 1. The molecule has 7 heteroatoms. The Bertz CT molecular complexity index is 1320. The molecule has 2 N–H and O–H groups in total. The molecule has 1 atom stereocenters. The van der Waals surface area contributed by atoms with Gasteiger partial charge in [0, 0.05) is 42.6 Å². The summed E-state index contributed by atoms with van der Waals surface area (Å²) in [6.45, 7) is 11.0. The number of aryl methyl sites for hydroxylation is 1. The topological polar surface area (TPSA) is 93.8 Å². The quantitative estimate of drug-likeness (QED) is 0.404. The molecule has 0 spiro atoms. The van der Waals surface area contributed by atoms with Crippen LogP contribution in [0, 0.1) is 27.7 Å². The van der Waals surface area contributed by atoms with Gasteiger partial charge in [0.15, 0.2) is 0 Å². The highest BCUT2D eigenvalue weighted by Crippen LogP contribution is 2.44. The van der Waals surface area contributed by atoms with E-state index in [2.05, 4.69) is 11.9 Å². The highest BCUT2D eigenvalue weighted by Gasteiger charge is 2.34. The molecular formula is C29H34N2O5. The third kappa shape index (κ3) is 5.25. The molecule has 0 aliphatic carbocycles. The average molecular weight is 491 g/mol. The summed E-state index contributed by atoms with van der Waals surface area (Å²) in [6, 6.07) is 5.81. The fourth-order valence-corrected chi connectivity index (χ4v) is 4.72. The zero-order valence-electron chi connectivity index (χ0n) is 21.6. The molecule has 0 amide bonds. The summed E-state index contributed by atoms with van der Waals surface area (Å²) < 4.78 is 14.8. The fraction of sp³-hybridized carbons (Fsp3) is 0.379. The van der Waals surface area contributed by atoms with Crippen LogP contribution in [0.3, 0.4) is 0 Å². The third-order valence-corrected chi connectivity index (χ3v) is 7.24. The van der Waals surface area contributed by atoms with Crippen molar-refractivity contribution in [3.63, 3.8) is 0 Å². The first kappa shape index (κ1) is 25.4. The Morgan fingerprint density at radius 2 is 2.00 bits per heavy atom. The van der Waals surface area contributed by atoms with E-state index in [0.717, 1.165) is 58.3 Å². The Morgan fingerprint density at radius 3 is 2.69 bits per heavy atom. The van der Waals surface area contributed by atoms with E-state index < -0.39 is 11.6 Å². The molecule has 3 aromatic rings. The summed E-state index contributed by atoms with van der Waals surface area (Å²) in [5, 5.41) is 19.5. The van der Waals surface area contributed by atoms with Crippen LogP contribution in [0.4, 0.5) is 0 Å². The predicted octanol–water partition coefficient (Wildman–Crippen LogP) is 5.52. The van der Waals surface area contributed by atoms with Crippen molar-refractivity contribution < 1.29 is 24.5 Å². The molecule has 1 aliphatic heterocycles. The number of ether oxygens (including phenoxy) is 2. The zero-order valence-corrected chi connectivity index (χ0v) is 21.6. The van der Waals surface area contributed by atoms with Gasteiger partial charge in [0.2, 0.25) is 0 Å². The van der Waals surface area contributed by atoms with Crippen molar-refractivity contribution >= 4 is 12.0 Å². The van der Waals surface area contributed by atoms with E-state index in [4.69, 9.17) is 14.6 Å². The molecule has 0 bridgehead atoms. The fourth-order valence-electron chi connectivity index (χ4n) is 4.72. The van der Waals surface area contributed by atoms with Crippen LogP contribution in [-0.2, 0) is 17.8 Å². The van der Waals surface area contributed by atoms with Gasteiger partial charge in [-0.2, -0.15) is 0 Å². The van der Waals surface area contributed by atoms with Gasteiger partial charge in [-0.1, -0.05) is 12.1 Å². The second kappa shape index (κ2) is 10.1. The normalized spacial score (nSPS) is 17.1. The maximum absolute atomic E-state index is 11.1. The van der Waals surface area contributed by atoms with Gasteiger partial charge in [0.05, 0.1) is 6.61 Å². The summed E-state index contributed by atoms with van der Waals surface area (Å²) in [4.78, 5) is 15.4. The smallest absolute Gasteiger partial charge is 0.328 e. The number of hydrogen-bond acceptors (Lipinski definition) is 5. The molecule has 0 saturated heterocycles. The number of aromatic hydroxyl groups is 1. The standard InChI is InChI=1S/C29H34N2O5/c1-18-19(2)28-24(20(3)27(18)34)10-11-29(5,36-28)12-15-35-25-16-22(17-31-14-13-30-21(31)4)6-7-23(25)8-9-26(32)33/h6-9,13-14,16,34H,10-12,15,17H2,1-5H3,(H,32,33). The Hall–Kier alpha value is -3.74. The molecular weight excluding hydrogens is 456 g/mol. The van der Waals surface area contributed by atoms with Gasteiger partial charge in [0.1, 0.15) is 28.7 Å². The number of aliphatic carboxylic acids is 1. The van der Waals surface area contributed by atoms with E-state index in [1.807, 2.05) is 56.7 Å². The second-order valence-electron chi connectivity index (χ2n) is 9.83. The molecule has 2 heterocycles. The predicted molar refractivity (Wildman–Crippen MR) is 139 cm³/mol. The lowest BCUT2D eigenvalue weighted by Crippen LogP contribution is -2.38. The summed E-state index contributed by atoms with van der Waals surface area (Å²) in [5.41, 5.74) is 5.14. The molecule has 2 aromatic carbocycles. The first-order chi connectivity index (χ1) is 17.1. The lowest BCUT2D eigenvalue weighted by Gasteiger charge is -2.38. The molecule has 0 radical (unpaired) electrons. The van der Waals surface area contributed by atoms with Crippen LogP contribution in [0.5, 0.6) is 17.2 Å². The van der Waals surface area contributed by atoms with E-state index in [-0.39, 0.29) is 0 Å². The van der Waals surface area contributed by atoms with Gasteiger partial charge in [-0.15, -0.1) is 0 Å². The molecule has 190 valence electrons. The van der Waals surface area contributed by atoms with E-state index in [9.17, 15) is 9.90 Å². The molecule has 4 rings (SSSR count). The summed E-state index contributed by atoms with van der Waals surface area (Å²) in [6.07, 6.45) is 8.69. The van der Waals surface area contributed by atoms with Crippen molar-refractivity contribution in [3.05, 3.63) is 75.9 Å². The Kier molecular flexibility index (Phi) is 7.11. The number of phenols is 1. The Balaban J connectivity index is 1.51. The van der Waals surface area contributed by atoms with Crippen molar-refractivity contribution in [2.45, 2.75) is 66.0 Å². The molecule has 0 saturated carbocycles. The Morgan fingerprint density at radius 1 is 1.22 bits per heavy atom. The second-order valence-corrected chi connectivity index (χ2v) is 9.83. The number of aromatic nitrogens is 2. The first-order valence-electron chi connectivity index (χ1n) is 12.2. The van der Waals surface area contributed by atoms with Gasteiger partial charge >= 0.3 is 5.97 Å². The van der Waals surface area contributed by atoms with Crippen LogP contribution < -0.4 is 9.47 Å². The van der Waals surface area contributed by atoms with E-state index >= 15 is 0 Å². The molecule has 1 aromatic heterocycles. The number of hydrogen-bond donors (Lipinski definition) is 2. The van der Waals surface area contributed by atoms with Gasteiger partial charge in [0.25, 0.3) is 0 Å². The van der Waals surface area contributed by atoms with E-state index in [1.54, 1.807) is 12.3 Å². The van der Waals surface area contributed by atoms with Crippen LogP contribution in [-0.4, -0.2) is 37.9 Å². The van der Waals surface area contributed by atoms with Crippen LogP contribution in [0.2, 0.25) is 0 Å². The third-order valence-electron chi connectivity index (χ3n) is 7.24. The number of carboxylic acids is 1. The van der Waals surface area contributed by atoms with E-state index in [0.29, 0.717) is 36.6 Å². The van der Waals surface area contributed by atoms with Gasteiger partial charge in [-0.25, -0.2) is 9.78 Å². The molecule has 36 heavy (non-hydrogen) atoms. The van der Waals surface area contributed by atoms with Crippen molar-refractivity contribution in [3.8, 4) is 17.2 Å². The molecule has 0 fully saturated rings. The minimum atomic E-state index is -1.01. The number of rotatable bonds is 8.